The number of fused-ring (bicyclic) bond motifs is 1. The van der Waals surface area contributed by atoms with E-state index in [9.17, 15) is 14.7 Å². The van der Waals surface area contributed by atoms with Crippen LogP contribution >= 0.6 is 0 Å². The predicted octanol–water partition coefficient (Wildman–Crippen LogP) is 1.36. The van der Waals surface area contributed by atoms with Gasteiger partial charge >= 0.3 is 5.76 Å². The summed E-state index contributed by atoms with van der Waals surface area (Å²) in [5.41, 5.74) is 0.206. The van der Waals surface area contributed by atoms with Crippen LogP contribution in [0.5, 0.6) is 0 Å². The normalized spacial score (nSPS) is 17.7. The maximum Gasteiger partial charge on any atom is 0.417 e. The summed E-state index contributed by atoms with van der Waals surface area (Å²) >= 11 is 0. The van der Waals surface area contributed by atoms with Crippen molar-refractivity contribution in [2.75, 3.05) is 5.32 Å². The molecule has 3 rings (SSSR count). The maximum absolute atomic E-state index is 12.0. The fourth-order valence-corrected chi connectivity index (χ4v) is 2.46. The van der Waals surface area contributed by atoms with E-state index < -0.39 is 17.3 Å². The molecule has 1 fully saturated rings. The molecule has 0 saturated heterocycles. The molecule has 0 unspecified atom stereocenters. The second kappa shape index (κ2) is 4.24. The summed E-state index contributed by atoms with van der Waals surface area (Å²) in [4.78, 5) is 25.6. The first-order chi connectivity index (χ1) is 9.07. The van der Waals surface area contributed by atoms with E-state index in [1.807, 2.05) is 0 Å². The van der Waals surface area contributed by atoms with Crippen LogP contribution in [0.25, 0.3) is 11.1 Å². The lowest BCUT2D eigenvalue weighted by molar-refractivity contribution is -0.133. The van der Waals surface area contributed by atoms with Crippen molar-refractivity contribution in [3.8, 4) is 0 Å². The molecule has 1 aliphatic rings. The van der Waals surface area contributed by atoms with Crippen LogP contribution in [0.4, 0.5) is 5.69 Å². The van der Waals surface area contributed by atoms with E-state index in [0.29, 0.717) is 29.6 Å². The number of aromatic nitrogens is 1. The summed E-state index contributed by atoms with van der Waals surface area (Å²) < 4.78 is 4.87. The molecular formula is C13H14N2O4. The molecule has 3 N–H and O–H groups in total. The zero-order chi connectivity index (χ0) is 13.5. The first-order valence-electron chi connectivity index (χ1n) is 6.24. The van der Waals surface area contributed by atoms with Crippen molar-refractivity contribution in [2.24, 2.45) is 0 Å². The van der Waals surface area contributed by atoms with Gasteiger partial charge in [0, 0.05) is 5.69 Å². The topological polar surface area (TPSA) is 95.3 Å². The van der Waals surface area contributed by atoms with Crippen molar-refractivity contribution in [3.05, 3.63) is 28.7 Å². The second-order valence-corrected chi connectivity index (χ2v) is 4.92. The lowest BCUT2D eigenvalue weighted by atomic mass is 10.0. The Morgan fingerprint density at radius 1 is 1.37 bits per heavy atom. The number of benzene rings is 1. The van der Waals surface area contributed by atoms with Gasteiger partial charge in [-0.15, -0.1) is 0 Å². The number of anilines is 1. The van der Waals surface area contributed by atoms with E-state index in [2.05, 4.69) is 10.3 Å². The Bertz CT molecular complexity index is 679. The molecule has 1 saturated carbocycles. The van der Waals surface area contributed by atoms with E-state index in [0.717, 1.165) is 12.8 Å². The molecule has 0 atom stereocenters. The summed E-state index contributed by atoms with van der Waals surface area (Å²) in [5, 5.41) is 12.8. The third-order valence-electron chi connectivity index (χ3n) is 3.53. The minimum absolute atomic E-state index is 0.393. The van der Waals surface area contributed by atoms with Gasteiger partial charge in [0.25, 0.3) is 5.91 Å². The Kier molecular flexibility index (Phi) is 2.67. The Morgan fingerprint density at radius 3 is 2.84 bits per heavy atom. The van der Waals surface area contributed by atoms with Gasteiger partial charge in [-0.05, 0) is 43.9 Å². The van der Waals surface area contributed by atoms with Crippen LogP contribution in [-0.2, 0) is 4.79 Å². The highest BCUT2D eigenvalue weighted by Crippen LogP contribution is 2.30. The Labute approximate surface area is 108 Å². The number of carbonyl (C=O) groups is 1. The number of rotatable bonds is 2. The standard InChI is InChI=1S/C13H14N2O4/c16-11(13(18)5-1-2-6-13)14-8-3-4-10-9(7-8)15-12(17)19-10/h3-4,7,18H,1-2,5-6H2,(H,14,16)(H,15,17). The lowest BCUT2D eigenvalue weighted by Crippen LogP contribution is -2.40. The molecule has 6 nitrogen and oxygen atoms in total. The molecule has 1 aliphatic carbocycles. The minimum atomic E-state index is -1.27. The first-order valence-corrected chi connectivity index (χ1v) is 6.24. The molecule has 19 heavy (non-hydrogen) atoms. The zero-order valence-electron chi connectivity index (χ0n) is 10.2. The fourth-order valence-electron chi connectivity index (χ4n) is 2.46. The average Bonchev–Trinajstić information content (AvgIpc) is 2.95. The molecule has 100 valence electrons. The van der Waals surface area contributed by atoms with Gasteiger partial charge < -0.3 is 14.8 Å². The van der Waals surface area contributed by atoms with Gasteiger partial charge in [-0.25, -0.2) is 4.79 Å². The highest BCUT2D eigenvalue weighted by Gasteiger charge is 2.38. The summed E-state index contributed by atoms with van der Waals surface area (Å²) in [5.74, 6) is -0.928. The van der Waals surface area contributed by atoms with Gasteiger partial charge in [-0.1, -0.05) is 0 Å². The smallest absolute Gasteiger partial charge is 0.408 e. The Morgan fingerprint density at radius 2 is 2.11 bits per heavy atom. The predicted molar refractivity (Wildman–Crippen MR) is 68.9 cm³/mol. The summed E-state index contributed by atoms with van der Waals surface area (Å²) in [7, 11) is 0. The van der Waals surface area contributed by atoms with Gasteiger partial charge in [-0.2, -0.15) is 0 Å². The largest absolute Gasteiger partial charge is 0.417 e. The van der Waals surface area contributed by atoms with Crippen LogP contribution in [-0.4, -0.2) is 21.6 Å². The highest BCUT2D eigenvalue weighted by molar-refractivity contribution is 5.98. The molecule has 2 aromatic rings. The highest BCUT2D eigenvalue weighted by atomic mass is 16.4. The van der Waals surface area contributed by atoms with Crippen LogP contribution in [0.15, 0.2) is 27.4 Å². The third-order valence-corrected chi connectivity index (χ3v) is 3.53. The van der Waals surface area contributed by atoms with E-state index >= 15 is 0 Å². The van der Waals surface area contributed by atoms with E-state index in [4.69, 9.17) is 4.42 Å². The van der Waals surface area contributed by atoms with Crippen LogP contribution in [0.1, 0.15) is 25.7 Å². The molecule has 1 aromatic carbocycles. The van der Waals surface area contributed by atoms with Gasteiger partial charge in [0.05, 0.1) is 5.52 Å². The molecule has 1 heterocycles. The quantitative estimate of drug-likeness (QED) is 0.761. The molecular weight excluding hydrogens is 248 g/mol. The van der Waals surface area contributed by atoms with Crippen LogP contribution in [0, 0.1) is 0 Å². The number of carbonyl (C=O) groups excluding carboxylic acids is 1. The van der Waals surface area contributed by atoms with E-state index in [1.54, 1.807) is 18.2 Å². The monoisotopic (exact) mass is 262 g/mol. The van der Waals surface area contributed by atoms with Crippen LogP contribution in [0.3, 0.4) is 0 Å². The molecule has 0 aliphatic heterocycles. The molecule has 1 amide bonds. The summed E-state index contributed by atoms with van der Waals surface area (Å²) in [6.07, 6.45) is 2.70. The van der Waals surface area contributed by atoms with Crippen LogP contribution in [0.2, 0.25) is 0 Å². The van der Waals surface area contributed by atoms with Crippen molar-refractivity contribution in [1.82, 2.24) is 4.98 Å². The van der Waals surface area contributed by atoms with Crippen molar-refractivity contribution in [1.29, 1.82) is 0 Å². The van der Waals surface area contributed by atoms with E-state index in [-0.39, 0.29) is 0 Å². The SMILES string of the molecule is O=C(Nc1ccc2oc(=O)[nH]c2c1)C1(O)CCCC1. The summed E-state index contributed by atoms with van der Waals surface area (Å²) in [6.45, 7) is 0. The maximum atomic E-state index is 12.0. The minimum Gasteiger partial charge on any atom is -0.408 e. The van der Waals surface area contributed by atoms with Crippen molar-refractivity contribution in [2.45, 2.75) is 31.3 Å². The second-order valence-electron chi connectivity index (χ2n) is 4.92. The average molecular weight is 262 g/mol. The van der Waals surface area contributed by atoms with Gasteiger partial charge in [0.15, 0.2) is 5.58 Å². The van der Waals surface area contributed by atoms with Crippen molar-refractivity contribution < 1.29 is 14.3 Å². The zero-order valence-corrected chi connectivity index (χ0v) is 10.2. The Hall–Kier alpha value is -2.08. The fraction of sp³-hybridized carbons (Fsp3) is 0.385. The molecule has 0 bridgehead atoms. The molecule has 0 radical (unpaired) electrons. The van der Waals surface area contributed by atoms with E-state index in [1.165, 1.54) is 0 Å². The van der Waals surface area contributed by atoms with Gasteiger partial charge in [-0.3, -0.25) is 9.78 Å². The number of hydrogen-bond acceptors (Lipinski definition) is 4. The first kappa shape index (κ1) is 12.0. The summed E-state index contributed by atoms with van der Waals surface area (Å²) in [6, 6.07) is 4.84. The third kappa shape index (κ3) is 2.15. The van der Waals surface area contributed by atoms with Crippen molar-refractivity contribution >= 4 is 22.7 Å². The number of H-pyrrole nitrogens is 1. The number of hydrogen-bond donors (Lipinski definition) is 3. The van der Waals surface area contributed by atoms with Gasteiger partial charge in [0.1, 0.15) is 5.60 Å². The van der Waals surface area contributed by atoms with Gasteiger partial charge in [0.2, 0.25) is 0 Å². The number of amides is 1. The number of aliphatic hydroxyl groups is 1. The molecule has 0 spiro atoms. The molecule has 6 heteroatoms. The van der Waals surface area contributed by atoms with Crippen LogP contribution < -0.4 is 11.1 Å². The number of nitrogens with one attached hydrogen (secondary N) is 2. The van der Waals surface area contributed by atoms with Crippen molar-refractivity contribution in [3.63, 3.8) is 0 Å². The number of aromatic amines is 1. The number of oxazole rings is 1. The Balaban J connectivity index is 1.84. The lowest BCUT2D eigenvalue weighted by Gasteiger charge is -2.20. The molecule has 1 aromatic heterocycles.